The summed E-state index contributed by atoms with van der Waals surface area (Å²) in [5.74, 6) is 0.170. The molecule has 5 nitrogen and oxygen atoms in total. The second-order valence-electron chi connectivity index (χ2n) is 3.68. The first-order valence-electron chi connectivity index (χ1n) is 4.98. The van der Waals surface area contributed by atoms with Gasteiger partial charge in [0.05, 0.1) is 11.0 Å². The summed E-state index contributed by atoms with van der Waals surface area (Å²) >= 11 is 0. The molecule has 0 aliphatic heterocycles. The van der Waals surface area contributed by atoms with E-state index in [1.807, 2.05) is 6.92 Å². The van der Waals surface area contributed by atoms with Gasteiger partial charge < -0.3 is 4.57 Å². The average molecular weight is 235 g/mol. The maximum absolute atomic E-state index is 13.2. The van der Waals surface area contributed by atoms with Gasteiger partial charge in [-0.2, -0.15) is 0 Å². The summed E-state index contributed by atoms with van der Waals surface area (Å²) in [6.07, 6.45) is 3.37. The minimum Gasteiger partial charge on any atom is -0.331 e. The maximum Gasteiger partial charge on any atom is 0.272 e. The summed E-state index contributed by atoms with van der Waals surface area (Å²) in [5.41, 5.74) is 0.301. The average Bonchev–Trinajstić information content (AvgIpc) is 2.63. The van der Waals surface area contributed by atoms with Gasteiger partial charge in [0.1, 0.15) is 11.6 Å². The van der Waals surface area contributed by atoms with Gasteiger partial charge in [-0.15, -0.1) is 0 Å². The highest BCUT2D eigenvalue weighted by Crippen LogP contribution is 2.17. The lowest BCUT2D eigenvalue weighted by atomic mass is 10.2. The Morgan fingerprint density at radius 3 is 2.82 bits per heavy atom. The lowest BCUT2D eigenvalue weighted by Crippen LogP contribution is -2.02. The molecule has 0 saturated heterocycles. The minimum absolute atomic E-state index is 0.238. The molecule has 0 spiro atoms. The van der Waals surface area contributed by atoms with E-state index in [-0.39, 0.29) is 5.69 Å². The van der Waals surface area contributed by atoms with Crippen molar-refractivity contribution in [3.05, 3.63) is 57.9 Å². The number of rotatable bonds is 3. The number of imidazole rings is 1. The first kappa shape index (κ1) is 11.3. The van der Waals surface area contributed by atoms with Crippen LogP contribution in [-0.2, 0) is 6.54 Å². The third-order valence-electron chi connectivity index (χ3n) is 2.43. The Morgan fingerprint density at radius 1 is 1.47 bits per heavy atom. The number of nitro benzene ring substituents is 1. The van der Waals surface area contributed by atoms with Crippen LogP contribution in [0.4, 0.5) is 10.1 Å². The molecule has 2 rings (SSSR count). The fourth-order valence-electron chi connectivity index (χ4n) is 1.60. The highest BCUT2D eigenvalue weighted by atomic mass is 19.1. The van der Waals surface area contributed by atoms with E-state index in [4.69, 9.17) is 0 Å². The van der Waals surface area contributed by atoms with Crippen molar-refractivity contribution in [1.82, 2.24) is 9.55 Å². The van der Waals surface area contributed by atoms with E-state index in [0.29, 0.717) is 12.1 Å². The van der Waals surface area contributed by atoms with Crippen molar-refractivity contribution in [1.29, 1.82) is 0 Å². The van der Waals surface area contributed by atoms with Gasteiger partial charge in [-0.25, -0.2) is 9.37 Å². The van der Waals surface area contributed by atoms with Gasteiger partial charge in [-0.05, 0) is 18.6 Å². The summed E-state index contributed by atoms with van der Waals surface area (Å²) in [5, 5.41) is 10.6. The second kappa shape index (κ2) is 4.32. The number of aryl methyl sites for hydroxylation is 1. The Balaban J connectivity index is 2.33. The normalized spacial score (nSPS) is 10.5. The molecule has 1 aromatic carbocycles. The summed E-state index contributed by atoms with van der Waals surface area (Å²) in [6.45, 7) is 2.18. The molecule has 0 aliphatic carbocycles. The molecule has 0 amide bonds. The topological polar surface area (TPSA) is 61.0 Å². The lowest BCUT2D eigenvalue weighted by molar-refractivity contribution is -0.385. The van der Waals surface area contributed by atoms with Crippen molar-refractivity contribution >= 4 is 5.69 Å². The van der Waals surface area contributed by atoms with Crippen LogP contribution < -0.4 is 0 Å². The Hall–Kier alpha value is -2.24. The number of benzene rings is 1. The maximum atomic E-state index is 13.2. The number of hydrogen-bond donors (Lipinski definition) is 0. The smallest absolute Gasteiger partial charge is 0.272 e. The fourth-order valence-corrected chi connectivity index (χ4v) is 1.60. The predicted octanol–water partition coefficient (Wildman–Crippen LogP) is 2.29. The van der Waals surface area contributed by atoms with Crippen LogP contribution in [-0.4, -0.2) is 14.5 Å². The molecule has 6 heteroatoms. The van der Waals surface area contributed by atoms with E-state index in [1.54, 1.807) is 17.0 Å². The molecule has 0 aliphatic rings. The number of halogens is 1. The summed E-state index contributed by atoms with van der Waals surface area (Å²) < 4.78 is 15.0. The molecule has 0 fully saturated rings. The quantitative estimate of drug-likeness (QED) is 0.605. The van der Waals surface area contributed by atoms with E-state index in [0.717, 1.165) is 11.9 Å². The SMILES string of the molecule is Cc1nccn1Cc1cc(F)cc([N+](=O)[O-])c1. The highest BCUT2D eigenvalue weighted by Gasteiger charge is 2.10. The molecule has 0 saturated carbocycles. The molecule has 0 unspecified atom stereocenters. The fraction of sp³-hybridized carbons (Fsp3) is 0.182. The van der Waals surface area contributed by atoms with Crippen LogP contribution in [0.25, 0.3) is 0 Å². The Labute approximate surface area is 96.7 Å². The molecule has 1 heterocycles. The van der Waals surface area contributed by atoms with Crippen LogP contribution in [0.1, 0.15) is 11.4 Å². The standard InChI is InChI=1S/C11H10FN3O2/c1-8-13-2-3-14(8)7-9-4-10(12)6-11(5-9)15(16)17/h2-6H,7H2,1H3. The van der Waals surface area contributed by atoms with Crippen LogP contribution in [0.5, 0.6) is 0 Å². The van der Waals surface area contributed by atoms with Gasteiger partial charge in [0.15, 0.2) is 0 Å². The number of non-ortho nitro benzene ring substituents is 1. The van der Waals surface area contributed by atoms with Crippen LogP contribution in [0.15, 0.2) is 30.6 Å². The molecule has 0 atom stereocenters. The van der Waals surface area contributed by atoms with E-state index in [9.17, 15) is 14.5 Å². The van der Waals surface area contributed by atoms with Gasteiger partial charge in [-0.3, -0.25) is 10.1 Å². The monoisotopic (exact) mass is 235 g/mol. The van der Waals surface area contributed by atoms with Gasteiger partial charge in [0.25, 0.3) is 5.69 Å². The Morgan fingerprint density at radius 2 is 2.24 bits per heavy atom. The molecular formula is C11H10FN3O2. The molecule has 0 N–H and O–H groups in total. The van der Waals surface area contributed by atoms with Crippen LogP contribution in [0, 0.1) is 22.9 Å². The first-order chi connectivity index (χ1) is 8.06. The first-order valence-corrected chi connectivity index (χ1v) is 4.98. The van der Waals surface area contributed by atoms with Gasteiger partial charge in [0, 0.05) is 25.0 Å². The van der Waals surface area contributed by atoms with Crippen molar-refractivity contribution in [2.24, 2.45) is 0 Å². The van der Waals surface area contributed by atoms with Crippen LogP contribution in [0.3, 0.4) is 0 Å². The summed E-state index contributed by atoms with van der Waals surface area (Å²) in [4.78, 5) is 14.0. The molecule has 0 radical (unpaired) electrons. The molecule has 88 valence electrons. The highest BCUT2D eigenvalue weighted by molar-refractivity contribution is 5.35. The predicted molar refractivity (Wildman–Crippen MR) is 59.1 cm³/mol. The van der Waals surface area contributed by atoms with Crippen LogP contribution in [0.2, 0.25) is 0 Å². The Kier molecular flexibility index (Phi) is 2.86. The zero-order valence-electron chi connectivity index (χ0n) is 9.13. The lowest BCUT2D eigenvalue weighted by Gasteiger charge is -2.05. The molecular weight excluding hydrogens is 225 g/mol. The van der Waals surface area contributed by atoms with Crippen molar-refractivity contribution in [2.45, 2.75) is 13.5 Å². The zero-order chi connectivity index (χ0) is 12.4. The Bertz CT molecular complexity index is 566. The number of hydrogen-bond acceptors (Lipinski definition) is 3. The van der Waals surface area contributed by atoms with Gasteiger partial charge in [-0.1, -0.05) is 0 Å². The summed E-state index contributed by atoms with van der Waals surface area (Å²) in [6, 6.07) is 3.55. The number of nitrogens with zero attached hydrogens (tertiary/aromatic N) is 3. The second-order valence-corrected chi connectivity index (χ2v) is 3.68. The summed E-state index contributed by atoms with van der Waals surface area (Å²) in [7, 11) is 0. The van der Waals surface area contributed by atoms with Gasteiger partial charge in [0.2, 0.25) is 0 Å². The van der Waals surface area contributed by atoms with Crippen molar-refractivity contribution < 1.29 is 9.31 Å². The third kappa shape index (κ3) is 2.47. The van der Waals surface area contributed by atoms with Crippen molar-refractivity contribution in [3.8, 4) is 0 Å². The zero-order valence-corrected chi connectivity index (χ0v) is 9.13. The largest absolute Gasteiger partial charge is 0.331 e. The van der Waals surface area contributed by atoms with Crippen molar-refractivity contribution in [2.75, 3.05) is 0 Å². The number of aromatic nitrogens is 2. The molecule has 0 bridgehead atoms. The minimum atomic E-state index is -0.605. The van der Waals surface area contributed by atoms with E-state index >= 15 is 0 Å². The van der Waals surface area contributed by atoms with Crippen LogP contribution >= 0.6 is 0 Å². The molecule has 2 aromatic rings. The third-order valence-corrected chi connectivity index (χ3v) is 2.43. The van der Waals surface area contributed by atoms with Crippen molar-refractivity contribution in [3.63, 3.8) is 0 Å². The van der Waals surface area contributed by atoms with Gasteiger partial charge >= 0.3 is 0 Å². The van der Waals surface area contributed by atoms with E-state index in [1.165, 1.54) is 12.1 Å². The van der Waals surface area contributed by atoms with E-state index < -0.39 is 10.7 Å². The molecule has 17 heavy (non-hydrogen) atoms. The van der Waals surface area contributed by atoms with E-state index in [2.05, 4.69) is 4.98 Å². The number of nitro groups is 1. The molecule has 1 aromatic heterocycles.